The monoisotopic (exact) mass is 415 g/mol. The Balaban J connectivity index is 1.22. The van der Waals surface area contributed by atoms with Gasteiger partial charge in [0.2, 0.25) is 0 Å². The van der Waals surface area contributed by atoms with Crippen molar-refractivity contribution in [2.45, 2.75) is 23.1 Å². The van der Waals surface area contributed by atoms with E-state index in [-0.39, 0.29) is 11.9 Å². The van der Waals surface area contributed by atoms with Crippen molar-refractivity contribution in [1.29, 1.82) is 0 Å². The molecule has 1 unspecified atom stereocenters. The topological polar surface area (TPSA) is 55.6 Å². The summed E-state index contributed by atoms with van der Waals surface area (Å²) in [5.74, 6) is 1.58. The van der Waals surface area contributed by atoms with Crippen molar-refractivity contribution in [1.82, 2.24) is 14.7 Å². The second kappa shape index (κ2) is 8.24. The van der Waals surface area contributed by atoms with Crippen LogP contribution < -0.4 is 10.1 Å². The maximum atomic E-state index is 12.7. The van der Waals surface area contributed by atoms with Gasteiger partial charge in [-0.05, 0) is 42.5 Å². The maximum Gasteiger partial charge on any atom is 0.251 e. The van der Waals surface area contributed by atoms with E-state index in [1.807, 2.05) is 77.3 Å². The lowest BCUT2D eigenvalue weighted by Crippen LogP contribution is -2.32. The molecule has 1 amide bonds. The molecule has 0 fully saturated rings. The Hall–Kier alpha value is -3.25. The first-order chi connectivity index (χ1) is 14.8. The fourth-order valence-corrected chi connectivity index (χ4v) is 4.43. The molecule has 2 aromatic heterocycles. The first-order valence-electron chi connectivity index (χ1n) is 9.94. The Morgan fingerprint density at radius 2 is 1.93 bits per heavy atom. The Morgan fingerprint density at radius 1 is 1.10 bits per heavy atom. The number of fused-ring (bicyclic) bond motifs is 2. The molecule has 0 radical (unpaired) electrons. The third kappa shape index (κ3) is 3.91. The van der Waals surface area contributed by atoms with Gasteiger partial charge < -0.3 is 14.5 Å². The number of para-hydroxylation sites is 1. The van der Waals surface area contributed by atoms with Gasteiger partial charge in [0.25, 0.3) is 5.91 Å². The second-order valence-corrected chi connectivity index (χ2v) is 8.26. The van der Waals surface area contributed by atoms with Gasteiger partial charge in [0, 0.05) is 40.6 Å². The Labute approximate surface area is 179 Å². The molecule has 1 atom stereocenters. The van der Waals surface area contributed by atoms with Crippen LogP contribution in [0.5, 0.6) is 5.75 Å². The van der Waals surface area contributed by atoms with Crippen LogP contribution in [0.1, 0.15) is 34.1 Å². The lowest BCUT2D eigenvalue weighted by molar-refractivity contribution is 0.0924. The van der Waals surface area contributed by atoms with E-state index in [2.05, 4.69) is 16.5 Å². The molecule has 5 rings (SSSR count). The number of rotatable bonds is 5. The summed E-state index contributed by atoms with van der Waals surface area (Å²) in [4.78, 5) is 18.5. The third-order valence-corrected chi connectivity index (χ3v) is 6.23. The molecule has 1 aliphatic heterocycles. The van der Waals surface area contributed by atoms with Gasteiger partial charge in [0.1, 0.15) is 11.4 Å². The van der Waals surface area contributed by atoms with Crippen LogP contribution in [0.25, 0.3) is 5.65 Å². The number of ether oxygens (including phenoxy) is 1. The number of thioether (sulfide) groups is 1. The predicted molar refractivity (Wildman–Crippen MR) is 118 cm³/mol. The first-order valence-corrected chi connectivity index (χ1v) is 10.9. The average Bonchev–Trinajstić information content (AvgIpc) is 3.21. The van der Waals surface area contributed by atoms with Crippen molar-refractivity contribution in [3.05, 3.63) is 95.9 Å². The molecule has 5 nitrogen and oxygen atoms in total. The minimum Gasteiger partial charge on any atom is -0.493 e. The summed E-state index contributed by atoms with van der Waals surface area (Å²) >= 11 is 1.71. The van der Waals surface area contributed by atoms with Crippen LogP contribution in [0.15, 0.2) is 84.0 Å². The molecule has 0 bridgehead atoms. The van der Waals surface area contributed by atoms with Gasteiger partial charge in [-0.1, -0.05) is 24.3 Å². The molecule has 0 saturated heterocycles. The summed E-state index contributed by atoms with van der Waals surface area (Å²) in [6.45, 7) is 0.612. The Bertz CT molecular complexity index is 1150. The zero-order valence-electron chi connectivity index (χ0n) is 16.3. The highest BCUT2D eigenvalue weighted by Crippen LogP contribution is 2.31. The van der Waals surface area contributed by atoms with Crippen LogP contribution in [-0.4, -0.2) is 21.9 Å². The molecule has 1 N–H and O–H groups in total. The van der Waals surface area contributed by atoms with Gasteiger partial charge in [0.15, 0.2) is 0 Å². The van der Waals surface area contributed by atoms with E-state index in [0.717, 1.165) is 39.7 Å². The number of nitrogens with zero attached hydrogens (tertiary/aromatic N) is 2. The minimum atomic E-state index is -0.0615. The standard InChI is InChI=1S/C24H21N3O2S/c28-24(26-21-12-14-29-22-6-2-1-5-20(21)22)17-8-10-19(11-9-17)30-16-18-15-27-13-4-3-7-23(27)25-18/h1-11,13,15,21H,12,14,16H2,(H,26,28). The predicted octanol–water partition coefficient (Wildman–Crippen LogP) is 4.88. The number of hydrogen-bond acceptors (Lipinski definition) is 4. The minimum absolute atomic E-state index is 0.0217. The average molecular weight is 416 g/mol. The lowest BCUT2D eigenvalue weighted by Gasteiger charge is -2.26. The van der Waals surface area contributed by atoms with Crippen molar-refractivity contribution < 1.29 is 9.53 Å². The van der Waals surface area contributed by atoms with Gasteiger partial charge in [-0.2, -0.15) is 0 Å². The highest BCUT2D eigenvalue weighted by atomic mass is 32.2. The van der Waals surface area contributed by atoms with Crippen molar-refractivity contribution in [3.63, 3.8) is 0 Å². The highest BCUT2D eigenvalue weighted by Gasteiger charge is 2.23. The van der Waals surface area contributed by atoms with Gasteiger partial charge in [-0.15, -0.1) is 11.8 Å². The van der Waals surface area contributed by atoms with E-state index < -0.39 is 0 Å². The summed E-state index contributed by atoms with van der Waals surface area (Å²) in [7, 11) is 0. The number of imidazole rings is 1. The lowest BCUT2D eigenvalue weighted by atomic mass is 10.00. The smallest absolute Gasteiger partial charge is 0.251 e. The van der Waals surface area contributed by atoms with E-state index >= 15 is 0 Å². The number of hydrogen-bond donors (Lipinski definition) is 1. The molecule has 4 aromatic rings. The van der Waals surface area contributed by atoms with Crippen LogP contribution in [0.4, 0.5) is 0 Å². The molecule has 0 saturated carbocycles. The summed E-state index contributed by atoms with van der Waals surface area (Å²) in [6.07, 6.45) is 4.83. The number of pyridine rings is 1. The van der Waals surface area contributed by atoms with Crippen LogP contribution in [0.2, 0.25) is 0 Å². The molecule has 3 heterocycles. The van der Waals surface area contributed by atoms with Gasteiger partial charge in [-0.25, -0.2) is 4.98 Å². The fraction of sp³-hybridized carbons (Fsp3) is 0.167. The Morgan fingerprint density at radius 3 is 2.80 bits per heavy atom. The number of amides is 1. The SMILES string of the molecule is O=C(NC1CCOc2ccccc21)c1ccc(SCc2cn3ccccc3n2)cc1. The summed E-state index contributed by atoms with van der Waals surface area (Å²) in [5, 5.41) is 3.15. The van der Waals surface area contributed by atoms with Crippen LogP contribution in [0.3, 0.4) is 0 Å². The zero-order chi connectivity index (χ0) is 20.3. The highest BCUT2D eigenvalue weighted by molar-refractivity contribution is 7.98. The molecule has 1 aliphatic rings. The number of carbonyl (C=O) groups is 1. The molecule has 0 aliphatic carbocycles. The second-order valence-electron chi connectivity index (χ2n) is 7.21. The molecular formula is C24H21N3O2S. The van der Waals surface area contributed by atoms with Crippen LogP contribution in [-0.2, 0) is 5.75 Å². The number of carbonyl (C=O) groups excluding carboxylic acids is 1. The molecule has 2 aromatic carbocycles. The van der Waals surface area contributed by atoms with E-state index in [1.54, 1.807) is 11.8 Å². The Kier molecular flexibility index (Phi) is 5.15. The van der Waals surface area contributed by atoms with Crippen LogP contribution >= 0.6 is 11.8 Å². The van der Waals surface area contributed by atoms with E-state index in [1.165, 1.54) is 0 Å². The molecule has 6 heteroatoms. The molecular weight excluding hydrogens is 394 g/mol. The zero-order valence-corrected chi connectivity index (χ0v) is 17.1. The summed E-state index contributed by atoms with van der Waals surface area (Å²) < 4.78 is 7.70. The summed E-state index contributed by atoms with van der Waals surface area (Å²) in [6, 6.07) is 21.6. The van der Waals surface area contributed by atoms with Crippen molar-refractivity contribution in [2.24, 2.45) is 0 Å². The molecule has 0 spiro atoms. The first kappa shape index (κ1) is 18.8. The number of benzene rings is 2. The van der Waals surface area contributed by atoms with Crippen molar-refractivity contribution in [3.8, 4) is 5.75 Å². The van der Waals surface area contributed by atoms with Crippen LogP contribution in [0, 0.1) is 0 Å². The van der Waals surface area contributed by atoms with Gasteiger partial charge in [0.05, 0.1) is 18.3 Å². The number of aromatic nitrogens is 2. The van der Waals surface area contributed by atoms with Gasteiger partial charge in [-0.3, -0.25) is 4.79 Å². The quantitative estimate of drug-likeness (QED) is 0.472. The van der Waals surface area contributed by atoms with Crippen molar-refractivity contribution in [2.75, 3.05) is 6.61 Å². The number of nitrogens with one attached hydrogen (secondary N) is 1. The largest absolute Gasteiger partial charge is 0.493 e. The molecule has 150 valence electrons. The third-order valence-electron chi connectivity index (χ3n) is 5.18. The normalized spacial score (nSPS) is 15.4. The summed E-state index contributed by atoms with van der Waals surface area (Å²) in [5.41, 5.74) is 3.69. The van der Waals surface area contributed by atoms with E-state index in [9.17, 15) is 4.79 Å². The van der Waals surface area contributed by atoms with E-state index in [4.69, 9.17) is 4.74 Å². The van der Waals surface area contributed by atoms with Crippen molar-refractivity contribution >= 4 is 23.3 Å². The van der Waals surface area contributed by atoms with Gasteiger partial charge >= 0.3 is 0 Å². The molecule has 30 heavy (non-hydrogen) atoms. The fourth-order valence-electron chi connectivity index (χ4n) is 3.65. The maximum absolute atomic E-state index is 12.7. The van der Waals surface area contributed by atoms with E-state index in [0.29, 0.717) is 12.2 Å².